The third-order valence-electron chi connectivity index (χ3n) is 2.46. The summed E-state index contributed by atoms with van der Waals surface area (Å²) in [5.41, 5.74) is 2.92. The van der Waals surface area contributed by atoms with Crippen LogP contribution in [0.15, 0.2) is 47.4 Å². The van der Waals surface area contributed by atoms with Gasteiger partial charge in [-0.3, -0.25) is 4.79 Å². The van der Waals surface area contributed by atoms with Crippen molar-refractivity contribution in [2.75, 3.05) is 0 Å². The van der Waals surface area contributed by atoms with Crippen LogP contribution in [0.1, 0.15) is 12.5 Å². The lowest BCUT2D eigenvalue weighted by Crippen LogP contribution is -2.06. The molecule has 0 atom stereocenters. The van der Waals surface area contributed by atoms with Gasteiger partial charge in [-0.05, 0) is 29.7 Å². The van der Waals surface area contributed by atoms with Crippen molar-refractivity contribution in [3.63, 3.8) is 0 Å². The molecule has 0 aliphatic carbocycles. The number of aryl methyl sites for hydroxylation is 1. The van der Waals surface area contributed by atoms with Crippen molar-refractivity contribution in [3.05, 3.63) is 58.5 Å². The van der Waals surface area contributed by atoms with Gasteiger partial charge in [-0.2, -0.15) is 0 Å². The summed E-state index contributed by atoms with van der Waals surface area (Å²) in [6.07, 6.45) is 2.63. The average Bonchev–Trinajstić information content (AvgIpc) is 2.30. The lowest BCUT2D eigenvalue weighted by molar-refractivity contribution is 1.14. The normalized spacial score (nSPS) is 10.2. The number of H-pyrrole nitrogens is 1. The number of aromatic nitrogens is 1. The summed E-state index contributed by atoms with van der Waals surface area (Å²) in [7, 11) is 0. The Kier molecular flexibility index (Phi) is 2.68. The van der Waals surface area contributed by atoms with Crippen LogP contribution in [0.5, 0.6) is 0 Å². The highest BCUT2D eigenvalue weighted by Gasteiger charge is 2.01. The maximum Gasteiger partial charge on any atom is 0.255 e. The third-order valence-corrected chi connectivity index (χ3v) is 2.46. The van der Waals surface area contributed by atoms with Crippen LogP contribution in [-0.4, -0.2) is 4.98 Å². The molecule has 0 amide bonds. The quantitative estimate of drug-likeness (QED) is 0.792. The van der Waals surface area contributed by atoms with Gasteiger partial charge >= 0.3 is 0 Å². The van der Waals surface area contributed by atoms with Crippen molar-refractivity contribution < 1.29 is 0 Å². The number of hydrogen-bond acceptors (Lipinski definition) is 1. The Hall–Kier alpha value is -1.83. The van der Waals surface area contributed by atoms with Gasteiger partial charge in [0.15, 0.2) is 0 Å². The fourth-order valence-electron chi connectivity index (χ4n) is 1.61. The van der Waals surface area contributed by atoms with Gasteiger partial charge < -0.3 is 4.98 Å². The highest BCUT2D eigenvalue weighted by Crippen LogP contribution is 2.16. The molecule has 0 spiro atoms. The number of rotatable bonds is 2. The van der Waals surface area contributed by atoms with E-state index < -0.39 is 0 Å². The van der Waals surface area contributed by atoms with E-state index in [1.807, 2.05) is 24.3 Å². The zero-order valence-electron chi connectivity index (χ0n) is 8.66. The predicted molar refractivity (Wildman–Crippen MR) is 61.9 cm³/mol. The smallest absolute Gasteiger partial charge is 0.255 e. The van der Waals surface area contributed by atoms with Crippen LogP contribution in [0.2, 0.25) is 0 Å². The van der Waals surface area contributed by atoms with Crippen LogP contribution in [0.4, 0.5) is 0 Å². The van der Waals surface area contributed by atoms with Crippen LogP contribution in [0.3, 0.4) is 0 Å². The Balaban J connectivity index is 2.54. The molecule has 0 unspecified atom stereocenters. The van der Waals surface area contributed by atoms with Crippen molar-refractivity contribution in [2.45, 2.75) is 13.3 Å². The van der Waals surface area contributed by atoms with Crippen molar-refractivity contribution in [1.82, 2.24) is 4.98 Å². The van der Waals surface area contributed by atoms with E-state index in [1.54, 1.807) is 6.20 Å². The summed E-state index contributed by atoms with van der Waals surface area (Å²) in [5, 5.41) is 0. The zero-order chi connectivity index (χ0) is 10.7. The van der Waals surface area contributed by atoms with Gasteiger partial charge in [0.2, 0.25) is 0 Å². The monoisotopic (exact) mass is 199 g/mol. The molecule has 0 saturated carbocycles. The second-order valence-corrected chi connectivity index (χ2v) is 3.47. The first-order chi connectivity index (χ1) is 7.31. The number of pyridine rings is 1. The molecule has 15 heavy (non-hydrogen) atoms. The predicted octanol–water partition coefficient (Wildman–Crippen LogP) is 2.60. The number of hydrogen-bond donors (Lipinski definition) is 1. The van der Waals surface area contributed by atoms with Crippen molar-refractivity contribution in [3.8, 4) is 11.1 Å². The average molecular weight is 199 g/mol. The van der Waals surface area contributed by atoms with Crippen molar-refractivity contribution in [2.24, 2.45) is 0 Å². The van der Waals surface area contributed by atoms with E-state index in [0.717, 1.165) is 17.5 Å². The Labute approximate surface area is 88.6 Å². The molecule has 0 aliphatic heterocycles. The van der Waals surface area contributed by atoms with Crippen LogP contribution < -0.4 is 5.56 Å². The SMILES string of the molecule is CCc1cccc(-c2ccc[nH]c2=O)c1. The van der Waals surface area contributed by atoms with Crippen molar-refractivity contribution in [1.29, 1.82) is 0 Å². The van der Waals surface area contributed by atoms with Gasteiger partial charge in [0.25, 0.3) is 5.56 Å². The first kappa shape index (κ1) is 9.71. The lowest BCUT2D eigenvalue weighted by Gasteiger charge is -2.02. The lowest BCUT2D eigenvalue weighted by atomic mass is 10.0. The number of aromatic amines is 1. The largest absolute Gasteiger partial charge is 0.329 e. The van der Waals surface area contributed by atoms with E-state index in [9.17, 15) is 4.79 Å². The van der Waals surface area contributed by atoms with Gasteiger partial charge in [0.05, 0.1) is 0 Å². The van der Waals surface area contributed by atoms with Crippen LogP contribution in [0.25, 0.3) is 11.1 Å². The first-order valence-corrected chi connectivity index (χ1v) is 5.08. The van der Waals surface area contributed by atoms with Gasteiger partial charge in [0.1, 0.15) is 0 Å². The fraction of sp³-hybridized carbons (Fsp3) is 0.154. The van der Waals surface area contributed by atoms with Gasteiger partial charge in [-0.1, -0.05) is 31.2 Å². The molecule has 2 rings (SSSR count). The van der Waals surface area contributed by atoms with Gasteiger partial charge in [-0.15, -0.1) is 0 Å². The topological polar surface area (TPSA) is 32.9 Å². The fourth-order valence-corrected chi connectivity index (χ4v) is 1.61. The molecule has 1 aromatic heterocycles. The highest BCUT2D eigenvalue weighted by molar-refractivity contribution is 5.62. The number of benzene rings is 1. The highest BCUT2D eigenvalue weighted by atomic mass is 16.1. The van der Waals surface area contributed by atoms with E-state index in [-0.39, 0.29) is 5.56 Å². The summed E-state index contributed by atoms with van der Waals surface area (Å²) in [6.45, 7) is 2.11. The summed E-state index contributed by atoms with van der Waals surface area (Å²) < 4.78 is 0. The molecule has 0 radical (unpaired) electrons. The standard InChI is InChI=1S/C13H13NO/c1-2-10-5-3-6-11(9-10)12-7-4-8-14-13(12)15/h3-9H,2H2,1H3,(H,14,15). The van der Waals surface area contributed by atoms with Crippen molar-refractivity contribution >= 4 is 0 Å². The third kappa shape index (κ3) is 1.99. The Bertz CT molecular complexity index is 514. The van der Waals surface area contributed by atoms with E-state index >= 15 is 0 Å². The second-order valence-electron chi connectivity index (χ2n) is 3.47. The molecule has 0 bridgehead atoms. The molecule has 76 valence electrons. The summed E-state index contributed by atoms with van der Waals surface area (Å²) in [6, 6.07) is 11.8. The molecule has 2 nitrogen and oxygen atoms in total. The summed E-state index contributed by atoms with van der Waals surface area (Å²) in [4.78, 5) is 14.2. The summed E-state index contributed by atoms with van der Waals surface area (Å²) >= 11 is 0. The van der Waals surface area contributed by atoms with E-state index in [0.29, 0.717) is 0 Å². The molecular weight excluding hydrogens is 186 g/mol. The van der Waals surface area contributed by atoms with Crippen LogP contribution in [-0.2, 0) is 6.42 Å². The molecule has 2 aromatic rings. The molecular formula is C13H13NO. The Morgan fingerprint density at radius 1 is 1.20 bits per heavy atom. The minimum atomic E-state index is -0.0363. The Morgan fingerprint density at radius 3 is 2.80 bits per heavy atom. The van der Waals surface area contributed by atoms with Gasteiger partial charge in [-0.25, -0.2) is 0 Å². The molecule has 0 fully saturated rings. The van der Waals surface area contributed by atoms with E-state index in [2.05, 4.69) is 24.0 Å². The number of nitrogens with one attached hydrogen (secondary N) is 1. The molecule has 2 heteroatoms. The molecule has 1 heterocycles. The summed E-state index contributed by atoms with van der Waals surface area (Å²) in [5.74, 6) is 0. The maximum absolute atomic E-state index is 11.6. The second kappa shape index (κ2) is 4.13. The minimum absolute atomic E-state index is 0.0363. The van der Waals surface area contributed by atoms with Crippen LogP contribution in [0, 0.1) is 0 Å². The molecule has 1 aromatic carbocycles. The van der Waals surface area contributed by atoms with Crippen LogP contribution >= 0.6 is 0 Å². The van der Waals surface area contributed by atoms with Gasteiger partial charge in [0, 0.05) is 11.8 Å². The molecule has 0 saturated heterocycles. The maximum atomic E-state index is 11.6. The van der Waals surface area contributed by atoms with E-state index in [4.69, 9.17) is 0 Å². The zero-order valence-corrected chi connectivity index (χ0v) is 8.66. The van der Waals surface area contributed by atoms with E-state index in [1.165, 1.54) is 5.56 Å². The first-order valence-electron chi connectivity index (χ1n) is 5.08. The molecule has 1 N–H and O–H groups in total. The minimum Gasteiger partial charge on any atom is -0.329 e. The molecule has 0 aliphatic rings. The Morgan fingerprint density at radius 2 is 2.07 bits per heavy atom.